The van der Waals surface area contributed by atoms with E-state index in [1.165, 1.54) is 16.8 Å². The predicted molar refractivity (Wildman–Crippen MR) is 141 cm³/mol. The Morgan fingerprint density at radius 1 is 0.868 bits per heavy atom. The summed E-state index contributed by atoms with van der Waals surface area (Å²) >= 11 is 0. The van der Waals surface area contributed by atoms with Gasteiger partial charge in [0.05, 0.1) is 11.3 Å². The van der Waals surface area contributed by atoms with Crippen molar-refractivity contribution in [2.24, 2.45) is 0 Å². The van der Waals surface area contributed by atoms with Crippen molar-refractivity contribution in [1.29, 1.82) is 0 Å². The molecule has 0 radical (unpaired) electrons. The summed E-state index contributed by atoms with van der Waals surface area (Å²) in [6.45, 7) is 14.9. The second-order valence-corrected chi connectivity index (χ2v) is 13.8. The third kappa shape index (κ3) is 8.93. The van der Waals surface area contributed by atoms with Crippen molar-refractivity contribution in [3.05, 3.63) is 35.5 Å². The van der Waals surface area contributed by atoms with Gasteiger partial charge in [0.15, 0.2) is 0 Å². The zero-order valence-electron chi connectivity index (χ0n) is 23.7. The van der Waals surface area contributed by atoms with Crippen LogP contribution in [0.5, 0.6) is 0 Å². The Balaban J connectivity index is 2.44. The van der Waals surface area contributed by atoms with Crippen LogP contribution in [0.2, 0.25) is 0 Å². The van der Waals surface area contributed by atoms with E-state index in [-0.39, 0.29) is 6.61 Å². The van der Waals surface area contributed by atoms with E-state index in [0.717, 1.165) is 7.05 Å². The highest BCUT2D eigenvalue weighted by molar-refractivity contribution is 7.88. The van der Waals surface area contributed by atoms with Crippen molar-refractivity contribution >= 4 is 39.3 Å². The Morgan fingerprint density at radius 3 is 1.95 bits per heavy atom. The summed E-state index contributed by atoms with van der Waals surface area (Å²) in [5, 5.41) is 0.465. The van der Waals surface area contributed by atoms with E-state index in [2.05, 4.69) is 0 Å². The van der Waals surface area contributed by atoms with Gasteiger partial charge >= 0.3 is 18.3 Å². The molecule has 0 aliphatic heterocycles. The van der Waals surface area contributed by atoms with E-state index in [9.17, 15) is 22.8 Å². The van der Waals surface area contributed by atoms with Crippen LogP contribution in [-0.4, -0.2) is 59.5 Å². The first-order chi connectivity index (χ1) is 17.1. The van der Waals surface area contributed by atoms with Gasteiger partial charge in [0, 0.05) is 24.2 Å². The summed E-state index contributed by atoms with van der Waals surface area (Å²) in [5.74, 6) is -0.511. The predicted octanol–water partition coefficient (Wildman–Crippen LogP) is 5.57. The van der Waals surface area contributed by atoms with Gasteiger partial charge in [-0.1, -0.05) is 6.07 Å². The molecule has 0 atom stereocenters. The molecule has 38 heavy (non-hydrogen) atoms. The Bertz CT molecular complexity index is 1310. The maximum absolute atomic E-state index is 12.9. The number of sulfonamides is 1. The highest BCUT2D eigenvalue weighted by atomic mass is 32.2. The smallest absolute Gasteiger partial charge is 0.443 e. The molecule has 11 nitrogen and oxygen atoms in total. The first-order valence-corrected chi connectivity index (χ1v) is 13.6. The zero-order valence-corrected chi connectivity index (χ0v) is 24.5. The molecule has 0 saturated carbocycles. The SMILES string of the molecule is CN(C(=O)OC(C)(C)C)S(=O)(=O)Cc1ccc2c(c1)c(COC(=O)OC(C)(C)C)cn2C(=O)OC(C)(C)C. The molecule has 0 aliphatic carbocycles. The van der Waals surface area contributed by atoms with Crippen molar-refractivity contribution in [2.75, 3.05) is 7.05 Å². The number of amides is 1. The Kier molecular flexibility index (Phi) is 8.82. The van der Waals surface area contributed by atoms with Crippen LogP contribution in [0, 0.1) is 0 Å². The topological polar surface area (TPSA) is 130 Å². The van der Waals surface area contributed by atoms with Crippen molar-refractivity contribution in [3.8, 4) is 0 Å². The molecule has 0 aliphatic rings. The fraction of sp³-hybridized carbons (Fsp3) is 0.577. The summed E-state index contributed by atoms with van der Waals surface area (Å²) in [6, 6.07) is 4.65. The number of rotatable bonds is 5. The Labute approximate surface area is 224 Å². The van der Waals surface area contributed by atoms with Crippen molar-refractivity contribution < 1.29 is 41.7 Å². The normalized spacial score (nSPS) is 12.7. The summed E-state index contributed by atoms with van der Waals surface area (Å²) in [6.07, 6.45) is -1.08. The van der Waals surface area contributed by atoms with Gasteiger partial charge in [-0.15, -0.1) is 0 Å². The molecular weight excluding hydrogens is 516 g/mol. The fourth-order valence-corrected chi connectivity index (χ4v) is 4.23. The van der Waals surface area contributed by atoms with E-state index in [1.807, 2.05) is 0 Å². The number of carbonyl (C=O) groups is 3. The Morgan fingerprint density at radius 2 is 1.42 bits per heavy atom. The molecule has 1 heterocycles. The average molecular weight is 555 g/mol. The lowest BCUT2D eigenvalue weighted by Crippen LogP contribution is -2.38. The number of hydrogen-bond donors (Lipinski definition) is 0. The Hall–Kier alpha value is -3.28. The number of aromatic nitrogens is 1. The summed E-state index contributed by atoms with van der Waals surface area (Å²) in [7, 11) is -2.97. The van der Waals surface area contributed by atoms with Crippen LogP contribution in [0.15, 0.2) is 24.4 Å². The van der Waals surface area contributed by atoms with Crippen molar-refractivity contribution in [1.82, 2.24) is 8.87 Å². The van der Waals surface area contributed by atoms with Gasteiger partial charge in [0.2, 0.25) is 10.0 Å². The third-order valence-corrected chi connectivity index (χ3v) is 6.38. The maximum Gasteiger partial charge on any atom is 0.509 e. The highest BCUT2D eigenvalue weighted by Gasteiger charge is 2.29. The van der Waals surface area contributed by atoms with E-state index in [4.69, 9.17) is 18.9 Å². The number of benzene rings is 1. The molecule has 12 heteroatoms. The molecule has 0 N–H and O–H groups in total. The van der Waals surface area contributed by atoms with Crippen LogP contribution < -0.4 is 0 Å². The van der Waals surface area contributed by atoms with Gasteiger partial charge in [-0.3, -0.25) is 4.57 Å². The second kappa shape index (κ2) is 10.8. The van der Waals surface area contributed by atoms with Crippen LogP contribution in [0.25, 0.3) is 10.9 Å². The number of ether oxygens (including phenoxy) is 4. The fourth-order valence-electron chi connectivity index (χ4n) is 3.18. The van der Waals surface area contributed by atoms with E-state index >= 15 is 0 Å². The van der Waals surface area contributed by atoms with Gasteiger partial charge in [0.1, 0.15) is 23.4 Å². The first-order valence-electron chi connectivity index (χ1n) is 12.0. The van der Waals surface area contributed by atoms with E-state index in [1.54, 1.807) is 74.4 Å². The minimum atomic E-state index is -4.09. The molecule has 1 aromatic carbocycles. The lowest BCUT2D eigenvalue weighted by Gasteiger charge is -2.24. The third-order valence-electron chi connectivity index (χ3n) is 4.69. The van der Waals surface area contributed by atoms with E-state index in [0.29, 0.717) is 26.3 Å². The largest absolute Gasteiger partial charge is 0.509 e. The number of fused-ring (bicyclic) bond motifs is 1. The van der Waals surface area contributed by atoms with Crippen molar-refractivity contribution in [2.45, 2.75) is 91.5 Å². The lowest BCUT2D eigenvalue weighted by atomic mass is 10.1. The minimum Gasteiger partial charge on any atom is -0.443 e. The second-order valence-electron chi connectivity index (χ2n) is 11.8. The van der Waals surface area contributed by atoms with Gasteiger partial charge in [-0.05, 0) is 80.0 Å². The lowest BCUT2D eigenvalue weighted by molar-refractivity contribution is -0.0106. The first kappa shape index (κ1) is 30.9. The van der Waals surface area contributed by atoms with Crippen LogP contribution in [0.4, 0.5) is 14.4 Å². The summed E-state index contributed by atoms with van der Waals surface area (Å²) in [5.41, 5.74) is -1.20. The van der Waals surface area contributed by atoms with E-state index < -0.39 is 50.9 Å². The van der Waals surface area contributed by atoms with Crippen molar-refractivity contribution in [3.63, 3.8) is 0 Å². The average Bonchev–Trinajstić information content (AvgIpc) is 3.05. The monoisotopic (exact) mass is 554 g/mol. The molecular formula is C26H38N2O9S. The molecule has 1 aromatic heterocycles. The quantitative estimate of drug-likeness (QED) is 0.344. The van der Waals surface area contributed by atoms with Gasteiger partial charge < -0.3 is 18.9 Å². The molecule has 0 saturated heterocycles. The molecule has 2 rings (SSSR count). The standard InChI is InChI=1S/C26H38N2O9S/c1-24(2,3)35-21(29)27(10)38(32,33)16-17-11-12-20-19(13-17)18(15-34-23(31)37-26(7,8)9)14-28(20)22(30)36-25(4,5)6/h11-14H,15-16H2,1-10H3. The highest BCUT2D eigenvalue weighted by Crippen LogP contribution is 2.27. The molecule has 1 amide bonds. The molecule has 0 unspecified atom stereocenters. The molecule has 0 spiro atoms. The van der Waals surface area contributed by atoms with Crippen LogP contribution in [-0.2, 0) is 41.3 Å². The maximum atomic E-state index is 12.9. The summed E-state index contributed by atoms with van der Waals surface area (Å²) < 4.78 is 48.7. The summed E-state index contributed by atoms with van der Waals surface area (Å²) in [4.78, 5) is 37.3. The van der Waals surface area contributed by atoms with Gasteiger partial charge in [-0.25, -0.2) is 27.1 Å². The minimum absolute atomic E-state index is 0.241. The van der Waals surface area contributed by atoms with Crippen LogP contribution in [0.3, 0.4) is 0 Å². The zero-order chi connectivity index (χ0) is 29.3. The molecule has 2 aromatic rings. The van der Waals surface area contributed by atoms with Gasteiger partial charge in [0.25, 0.3) is 0 Å². The molecule has 0 bridgehead atoms. The molecule has 212 valence electrons. The van der Waals surface area contributed by atoms with Gasteiger partial charge in [-0.2, -0.15) is 0 Å². The number of hydrogen-bond acceptors (Lipinski definition) is 9. The van der Waals surface area contributed by atoms with Crippen LogP contribution in [0.1, 0.15) is 73.4 Å². The molecule has 0 fully saturated rings. The van der Waals surface area contributed by atoms with Crippen LogP contribution >= 0.6 is 0 Å². The number of carbonyl (C=O) groups excluding carboxylic acids is 3. The number of nitrogens with zero attached hydrogens (tertiary/aromatic N) is 2.